The third kappa shape index (κ3) is 2.70. The first kappa shape index (κ1) is 14.6. The van der Waals surface area contributed by atoms with E-state index in [4.69, 9.17) is 0 Å². The van der Waals surface area contributed by atoms with Crippen LogP contribution in [0.3, 0.4) is 0 Å². The predicted molar refractivity (Wildman–Crippen MR) is 85.3 cm³/mol. The zero-order valence-electron chi connectivity index (χ0n) is 11.6. The summed E-state index contributed by atoms with van der Waals surface area (Å²) >= 11 is 0. The number of rotatable bonds is 3. The average molecular weight is 314 g/mol. The highest BCUT2D eigenvalue weighted by molar-refractivity contribution is 6.95. The fraction of sp³-hybridized carbons (Fsp3) is 0. The number of hydrogen-bond acceptors (Lipinski definition) is 0. The molecule has 3 aromatic rings. The smallest absolute Gasteiger partial charge is 0.144 e. The van der Waals surface area contributed by atoms with Crippen molar-refractivity contribution in [2.45, 2.75) is 0 Å². The predicted octanol–water partition coefficient (Wildman–Crippen LogP) is 2.35. The van der Waals surface area contributed by atoms with Gasteiger partial charge in [-0.25, -0.2) is 13.2 Å². The third-order valence-corrected chi connectivity index (χ3v) is 6.92. The Labute approximate surface area is 128 Å². The molecule has 0 aliphatic carbocycles. The molecule has 0 saturated heterocycles. The van der Waals surface area contributed by atoms with Gasteiger partial charge in [-0.3, -0.25) is 0 Å². The van der Waals surface area contributed by atoms with E-state index in [1.165, 1.54) is 18.2 Å². The molecule has 3 aromatic carbocycles. The van der Waals surface area contributed by atoms with E-state index in [1.807, 2.05) is 0 Å². The second-order valence-electron chi connectivity index (χ2n) is 5.00. The monoisotopic (exact) mass is 314 g/mol. The van der Waals surface area contributed by atoms with Crippen molar-refractivity contribution in [2.24, 2.45) is 0 Å². The number of halogens is 3. The molecule has 0 nitrogen and oxygen atoms in total. The fourth-order valence-electron chi connectivity index (χ4n) is 2.63. The highest BCUT2D eigenvalue weighted by Crippen LogP contribution is 2.04. The van der Waals surface area contributed by atoms with Gasteiger partial charge >= 0.3 is 0 Å². The molecule has 0 amide bonds. The van der Waals surface area contributed by atoms with Crippen LogP contribution in [0, 0.1) is 17.5 Å². The van der Waals surface area contributed by atoms with Gasteiger partial charge in [0.2, 0.25) is 0 Å². The summed E-state index contributed by atoms with van der Waals surface area (Å²) in [7, 11) is -2.55. The zero-order chi connectivity index (χ0) is 15.5. The van der Waals surface area contributed by atoms with Gasteiger partial charge in [0.1, 0.15) is 26.2 Å². The Morgan fingerprint density at radius 3 is 1.00 bits per heavy atom. The highest BCUT2D eigenvalue weighted by Gasteiger charge is 2.26. The van der Waals surface area contributed by atoms with Crippen LogP contribution in [-0.2, 0) is 0 Å². The first-order valence-corrected chi connectivity index (χ1v) is 8.65. The van der Waals surface area contributed by atoms with Crippen LogP contribution >= 0.6 is 0 Å². The van der Waals surface area contributed by atoms with Crippen molar-refractivity contribution < 1.29 is 13.2 Å². The molecular formula is C18H13F3Si. The SMILES string of the molecule is Fc1ccccc1[SiH](c1ccccc1F)c1ccccc1F. The molecule has 0 aromatic heterocycles. The lowest BCUT2D eigenvalue weighted by molar-refractivity contribution is 0.630. The van der Waals surface area contributed by atoms with Crippen LogP contribution in [0.2, 0.25) is 0 Å². The summed E-state index contributed by atoms with van der Waals surface area (Å²) in [5, 5.41) is 1.16. The summed E-state index contributed by atoms with van der Waals surface area (Å²) in [5.41, 5.74) is 0. The van der Waals surface area contributed by atoms with Crippen molar-refractivity contribution in [3.8, 4) is 0 Å². The van der Waals surface area contributed by atoms with Crippen LogP contribution in [-0.4, -0.2) is 8.80 Å². The molecule has 22 heavy (non-hydrogen) atoms. The molecule has 0 bridgehead atoms. The van der Waals surface area contributed by atoms with Crippen molar-refractivity contribution >= 4 is 24.4 Å². The molecule has 4 heteroatoms. The summed E-state index contributed by atoms with van der Waals surface area (Å²) in [5.74, 6) is -1.28. The Balaban J connectivity index is 2.27. The van der Waals surface area contributed by atoms with Crippen LogP contribution in [0.4, 0.5) is 13.2 Å². The van der Waals surface area contributed by atoms with E-state index in [0.717, 1.165) is 0 Å². The second-order valence-corrected chi connectivity index (χ2v) is 7.73. The van der Waals surface area contributed by atoms with Gasteiger partial charge < -0.3 is 0 Å². The lowest BCUT2D eigenvalue weighted by Gasteiger charge is -2.19. The second kappa shape index (κ2) is 6.20. The zero-order valence-corrected chi connectivity index (χ0v) is 12.8. The van der Waals surface area contributed by atoms with Gasteiger partial charge in [-0.05, 0) is 33.8 Å². The van der Waals surface area contributed by atoms with E-state index >= 15 is 0 Å². The molecule has 0 heterocycles. The molecule has 0 radical (unpaired) electrons. The lowest BCUT2D eigenvalue weighted by atomic mass is 10.3. The summed E-state index contributed by atoms with van der Waals surface area (Å²) in [6.07, 6.45) is 0. The topological polar surface area (TPSA) is 0 Å². The first-order chi connectivity index (χ1) is 10.7. The average Bonchev–Trinajstić information content (AvgIpc) is 2.53. The van der Waals surface area contributed by atoms with Crippen molar-refractivity contribution in [2.75, 3.05) is 0 Å². The molecule has 0 saturated carbocycles. The van der Waals surface area contributed by atoms with Gasteiger partial charge in [0.25, 0.3) is 0 Å². The molecule has 0 aliphatic rings. The fourth-order valence-corrected chi connectivity index (χ4v) is 5.66. The summed E-state index contributed by atoms with van der Waals surface area (Å²) < 4.78 is 42.8. The number of hydrogen-bond donors (Lipinski definition) is 0. The summed E-state index contributed by atoms with van der Waals surface area (Å²) in [4.78, 5) is 0. The molecular weight excluding hydrogens is 301 g/mol. The molecule has 0 aliphatic heterocycles. The molecule has 0 unspecified atom stereocenters. The van der Waals surface area contributed by atoms with E-state index in [0.29, 0.717) is 15.6 Å². The Bertz CT molecular complexity index is 693. The Kier molecular flexibility index (Phi) is 4.11. The molecule has 3 rings (SSSR count). The largest absolute Gasteiger partial charge is 0.207 e. The minimum atomic E-state index is -2.55. The van der Waals surface area contributed by atoms with Crippen molar-refractivity contribution in [1.82, 2.24) is 0 Å². The maximum absolute atomic E-state index is 14.3. The van der Waals surface area contributed by atoms with Crippen molar-refractivity contribution in [3.63, 3.8) is 0 Å². The Morgan fingerprint density at radius 2 is 0.727 bits per heavy atom. The van der Waals surface area contributed by atoms with Crippen LogP contribution in [0.15, 0.2) is 72.8 Å². The van der Waals surface area contributed by atoms with Gasteiger partial charge in [0, 0.05) is 0 Å². The van der Waals surface area contributed by atoms with Crippen molar-refractivity contribution in [1.29, 1.82) is 0 Å². The van der Waals surface area contributed by atoms with Crippen molar-refractivity contribution in [3.05, 3.63) is 90.2 Å². The molecule has 0 atom stereocenters. The van der Waals surface area contributed by atoms with E-state index in [9.17, 15) is 13.2 Å². The van der Waals surface area contributed by atoms with E-state index in [2.05, 4.69) is 0 Å². The molecule has 110 valence electrons. The standard InChI is InChI=1S/C18H13F3Si/c19-13-7-1-4-10-16(13)22(17-11-5-2-8-14(17)20)18-12-6-3-9-15(18)21/h1-12,22H. The van der Waals surface area contributed by atoms with Crippen LogP contribution < -0.4 is 15.6 Å². The van der Waals surface area contributed by atoms with E-state index in [-0.39, 0.29) is 0 Å². The molecule has 0 N–H and O–H groups in total. The van der Waals surface area contributed by atoms with Gasteiger partial charge in [0.05, 0.1) is 0 Å². The Hall–Kier alpha value is -2.33. The minimum absolute atomic E-state index is 0.387. The first-order valence-electron chi connectivity index (χ1n) is 6.92. The Morgan fingerprint density at radius 1 is 0.455 bits per heavy atom. The van der Waals surface area contributed by atoms with Crippen LogP contribution in [0.25, 0.3) is 0 Å². The van der Waals surface area contributed by atoms with E-state index < -0.39 is 26.2 Å². The highest BCUT2D eigenvalue weighted by atomic mass is 28.3. The van der Waals surface area contributed by atoms with Gasteiger partial charge in [0.15, 0.2) is 0 Å². The maximum atomic E-state index is 14.3. The third-order valence-electron chi connectivity index (χ3n) is 3.65. The molecule has 0 spiro atoms. The summed E-state index contributed by atoms with van der Waals surface area (Å²) in [6, 6.07) is 18.7. The lowest BCUT2D eigenvalue weighted by Crippen LogP contribution is -2.55. The van der Waals surface area contributed by atoms with Gasteiger partial charge in [-0.2, -0.15) is 0 Å². The van der Waals surface area contributed by atoms with E-state index in [1.54, 1.807) is 54.6 Å². The summed E-state index contributed by atoms with van der Waals surface area (Å²) in [6.45, 7) is 0. The maximum Gasteiger partial charge on any atom is 0.144 e. The van der Waals surface area contributed by atoms with Crippen LogP contribution in [0.5, 0.6) is 0 Å². The molecule has 0 fully saturated rings. The van der Waals surface area contributed by atoms with Gasteiger partial charge in [-0.15, -0.1) is 0 Å². The van der Waals surface area contributed by atoms with Crippen LogP contribution in [0.1, 0.15) is 0 Å². The number of benzene rings is 3. The van der Waals surface area contributed by atoms with Gasteiger partial charge in [-0.1, -0.05) is 54.6 Å². The minimum Gasteiger partial charge on any atom is -0.207 e. The normalized spacial score (nSPS) is 10.9. The quantitative estimate of drug-likeness (QED) is 0.514.